The molecule has 2 fully saturated rings. The summed E-state index contributed by atoms with van der Waals surface area (Å²) in [5.74, 6) is 0.588. The first-order valence-electron chi connectivity index (χ1n) is 6.94. The van der Waals surface area contributed by atoms with Crippen LogP contribution >= 0.6 is 0 Å². The summed E-state index contributed by atoms with van der Waals surface area (Å²) in [6.07, 6.45) is 0.721. The van der Waals surface area contributed by atoms with Crippen molar-refractivity contribution >= 4 is 22.7 Å². The summed E-state index contributed by atoms with van der Waals surface area (Å²) in [6, 6.07) is 7.21. The van der Waals surface area contributed by atoms with Gasteiger partial charge in [-0.05, 0) is 30.7 Å². The first-order chi connectivity index (χ1) is 10.2. The molecule has 4 rings (SSSR count). The van der Waals surface area contributed by atoms with Gasteiger partial charge in [0.05, 0.1) is 7.11 Å². The summed E-state index contributed by atoms with van der Waals surface area (Å²) in [5, 5.41) is 3.79. The lowest BCUT2D eigenvalue weighted by atomic mass is 10.2. The van der Waals surface area contributed by atoms with E-state index < -0.39 is 0 Å². The number of hydrogen-bond donors (Lipinski definition) is 2. The van der Waals surface area contributed by atoms with E-state index >= 15 is 0 Å². The number of hydrogen-bond acceptors (Lipinski definition) is 3. The van der Waals surface area contributed by atoms with Crippen molar-refractivity contribution in [3.05, 3.63) is 30.0 Å². The Morgan fingerprint density at radius 2 is 2.24 bits per heavy atom. The second kappa shape index (κ2) is 4.25. The van der Waals surface area contributed by atoms with Crippen LogP contribution in [-0.4, -0.2) is 47.4 Å². The van der Waals surface area contributed by atoms with Crippen molar-refractivity contribution in [1.29, 1.82) is 0 Å². The first kappa shape index (κ1) is 12.3. The monoisotopic (exact) mass is 285 g/mol. The van der Waals surface area contributed by atoms with Crippen LogP contribution in [0.5, 0.6) is 5.75 Å². The largest absolute Gasteiger partial charge is 0.497 e. The van der Waals surface area contributed by atoms with Crippen molar-refractivity contribution in [3.8, 4) is 5.75 Å². The molecule has 0 saturated carbocycles. The molecule has 108 valence electrons. The third-order valence-electron chi connectivity index (χ3n) is 4.27. The molecule has 0 aliphatic carbocycles. The summed E-state index contributed by atoms with van der Waals surface area (Å²) in [6.45, 7) is 0.591. The minimum absolute atomic E-state index is 0.0441. The molecule has 2 N–H and O–H groups in total. The van der Waals surface area contributed by atoms with E-state index in [0.29, 0.717) is 12.2 Å². The van der Waals surface area contributed by atoms with Gasteiger partial charge < -0.3 is 19.9 Å². The zero-order valence-corrected chi connectivity index (χ0v) is 11.6. The minimum Gasteiger partial charge on any atom is -0.497 e. The van der Waals surface area contributed by atoms with Crippen LogP contribution in [0.4, 0.5) is 0 Å². The highest BCUT2D eigenvalue weighted by Crippen LogP contribution is 2.27. The van der Waals surface area contributed by atoms with Gasteiger partial charge in [-0.2, -0.15) is 0 Å². The Morgan fingerprint density at radius 1 is 1.38 bits per heavy atom. The fraction of sp³-hybridized carbons (Fsp3) is 0.333. The molecule has 2 amide bonds. The molecule has 0 radical (unpaired) electrons. The molecule has 3 heterocycles. The molecular weight excluding hydrogens is 270 g/mol. The zero-order chi connectivity index (χ0) is 14.6. The third-order valence-corrected chi connectivity index (χ3v) is 4.27. The molecule has 2 saturated heterocycles. The number of piperazine rings is 1. The number of carbonyl (C=O) groups excluding carboxylic acids is 2. The van der Waals surface area contributed by atoms with Gasteiger partial charge in [-0.15, -0.1) is 0 Å². The number of carbonyl (C=O) groups is 2. The zero-order valence-electron chi connectivity index (χ0n) is 11.6. The van der Waals surface area contributed by atoms with E-state index in [0.717, 1.165) is 23.1 Å². The van der Waals surface area contributed by atoms with E-state index in [9.17, 15) is 9.59 Å². The lowest BCUT2D eigenvalue weighted by Crippen LogP contribution is -2.50. The normalized spacial score (nSPS) is 23.7. The number of benzene rings is 1. The number of amides is 2. The molecule has 6 nitrogen and oxygen atoms in total. The number of aromatic nitrogens is 1. The summed E-state index contributed by atoms with van der Waals surface area (Å²) >= 11 is 0. The van der Waals surface area contributed by atoms with Crippen molar-refractivity contribution in [2.24, 2.45) is 0 Å². The summed E-state index contributed by atoms with van der Waals surface area (Å²) < 4.78 is 5.18. The van der Waals surface area contributed by atoms with E-state index in [1.807, 2.05) is 24.3 Å². The van der Waals surface area contributed by atoms with Crippen LogP contribution in [0.3, 0.4) is 0 Å². The van der Waals surface area contributed by atoms with Crippen LogP contribution in [0.15, 0.2) is 24.3 Å². The van der Waals surface area contributed by atoms with Gasteiger partial charge in [0, 0.05) is 23.5 Å². The maximum Gasteiger partial charge on any atom is 0.271 e. The number of fused-ring (bicyclic) bond motifs is 3. The van der Waals surface area contributed by atoms with Gasteiger partial charge in [0.15, 0.2) is 0 Å². The highest BCUT2D eigenvalue weighted by molar-refractivity contribution is 6.01. The highest BCUT2D eigenvalue weighted by Gasteiger charge is 2.46. The minimum atomic E-state index is -0.316. The van der Waals surface area contributed by atoms with Crippen LogP contribution in [0.1, 0.15) is 16.9 Å². The van der Waals surface area contributed by atoms with Crippen LogP contribution < -0.4 is 10.1 Å². The average molecular weight is 285 g/mol. The fourth-order valence-corrected chi connectivity index (χ4v) is 3.22. The number of likely N-dealkylation sites (tertiary alicyclic amines) is 1. The Kier molecular flexibility index (Phi) is 2.48. The van der Waals surface area contributed by atoms with Crippen LogP contribution in [-0.2, 0) is 4.79 Å². The standard InChI is InChI=1S/C15H15N3O3/c1-21-10-2-3-11-8(4-10)5-12(17-11)15(20)18-7-9-6-13(18)14(19)16-9/h2-5,9,13,17H,6-7H2,1H3,(H,16,19)/t9-,13-/m0/s1. The van der Waals surface area contributed by atoms with E-state index in [1.54, 1.807) is 12.0 Å². The number of ether oxygens (including phenoxy) is 1. The van der Waals surface area contributed by atoms with E-state index in [-0.39, 0.29) is 23.9 Å². The predicted molar refractivity (Wildman–Crippen MR) is 76.2 cm³/mol. The maximum atomic E-state index is 12.6. The van der Waals surface area contributed by atoms with Gasteiger partial charge in [0.1, 0.15) is 17.5 Å². The van der Waals surface area contributed by atoms with Crippen LogP contribution in [0.2, 0.25) is 0 Å². The maximum absolute atomic E-state index is 12.6. The molecule has 6 heteroatoms. The van der Waals surface area contributed by atoms with Gasteiger partial charge in [0.25, 0.3) is 5.91 Å². The molecule has 1 aromatic carbocycles. The number of nitrogens with zero attached hydrogens (tertiary/aromatic N) is 1. The Balaban J connectivity index is 1.67. The third kappa shape index (κ3) is 1.79. The second-order valence-electron chi connectivity index (χ2n) is 5.55. The number of methoxy groups -OCH3 is 1. The summed E-state index contributed by atoms with van der Waals surface area (Å²) in [7, 11) is 1.61. The Labute approximate surface area is 121 Å². The first-order valence-corrected chi connectivity index (χ1v) is 6.94. The smallest absolute Gasteiger partial charge is 0.271 e. The Morgan fingerprint density at radius 3 is 2.95 bits per heavy atom. The summed E-state index contributed by atoms with van der Waals surface area (Å²) in [5.41, 5.74) is 1.39. The quantitative estimate of drug-likeness (QED) is 0.860. The van der Waals surface area contributed by atoms with Crippen LogP contribution in [0, 0.1) is 0 Å². The van der Waals surface area contributed by atoms with Crippen molar-refractivity contribution in [2.75, 3.05) is 13.7 Å². The molecule has 21 heavy (non-hydrogen) atoms. The Hall–Kier alpha value is -2.50. The van der Waals surface area contributed by atoms with Gasteiger partial charge in [0.2, 0.25) is 5.91 Å². The number of aromatic amines is 1. The van der Waals surface area contributed by atoms with Gasteiger partial charge in [-0.3, -0.25) is 9.59 Å². The second-order valence-corrected chi connectivity index (χ2v) is 5.55. The van der Waals surface area contributed by atoms with Crippen molar-refractivity contribution in [2.45, 2.75) is 18.5 Å². The van der Waals surface area contributed by atoms with Crippen molar-refractivity contribution in [1.82, 2.24) is 15.2 Å². The molecule has 2 atom stereocenters. The van der Waals surface area contributed by atoms with Gasteiger partial charge in [-0.25, -0.2) is 0 Å². The topological polar surface area (TPSA) is 74.4 Å². The molecular formula is C15H15N3O3. The predicted octanol–water partition coefficient (Wildman–Crippen LogP) is 0.889. The van der Waals surface area contributed by atoms with Crippen molar-refractivity contribution in [3.63, 3.8) is 0 Å². The molecule has 2 bridgehead atoms. The molecule has 2 aliphatic heterocycles. The molecule has 1 aromatic heterocycles. The van der Waals surface area contributed by atoms with E-state index in [1.165, 1.54) is 0 Å². The highest BCUT2D eigenvalue weighted by atomic mass is 16.5. The van der Waals surface area contributed by atoms with Gasteiger partial charge in [-0.1, -0.05) is 0 Å². The van der Waals surface area contributed by atoms with E-state index in [2.05, 4.69) is 10.3 Å². The molecule has 2 aromatic rings. The van der Waals surface area contributed by atoms with Crippen molar-refractivity contribution < 1.29 is 14.3 Å². The molecule has 0 unspecified atom stereocenters. The Bertz CT molecular complexity index is 752. The fourth-order valence-electron chi connectivity index (χ4n) is 3.22. The summed E-state index contributed by atoms with van der Waals surface area (Å²) in [4.78, 5) is 29.1. The number of nitrogens with one attached hydrogen (secondary N) is 2. The number of H-pyrrole nitrogens is 1. The van der Waals surface area contributed by atoms with Gasteiger partial charge >= 0.3 is 0 Å². The van der Waals surface area contributed by atoms with Crippen LogP contribution in [0.25, 0.3) is 10.9 Å². The SMILES string of the molecule is COc1ccc2[nH]c(C(=O)N3C[C@@H]4C[C@H]3C(=O)N4)cc2c1. The average Bonchev–Trinajstić information content (AvgIpc) is 3.17. The molecule has 0 spiro atoms. The van der Waals surface area contributed by atoms with E-state index in [4.69, 9.17) is 4.74 Å². The number of rotatable bonds is 2. The lowest BCUT2D eigenvalue weighted by Gasteiger charge is -2.25. The lowest BCUT2D eigenvalue weighted by molar-refractivity contribution is -0.124. The molecule has 2 aliphatic rings.